The third kappa shape index (κ3) is 3.66. The fourth-order valence-corrected chi connectivity index (χ4v) is 5.16. The molecule has 3 aromatic carbocycles. The minimum atomic E-state index is -0.906. The molecular formula is C27H20N2O4S. The number of rotatable bonds is 5. The number of thiazole rings is 1. The summed E-state index contributed by atoms with van der Waals surface area (Å²) in [5.41, 5.74) is 2.40. The molecule has 5 rings (SSSR count). The molecule has 2 heterocycles. The molecule has 4 aromatic rings. The molecule has 1 unspecified atom stereocenters. The van der Waals surface area contributed by atoms with Crippen LogP contribution in [0.5, 0.6) is 5.75 Å². The Hall–Kier alpha value is -4.23. The van der Waals surface area contributed by atoms with Gasteiger partial charge in [0.15, 0.2) is 5.76 Å². The summed E-state index contributed by atoms with van der Waals surface area (Å²) >= 11 is 1.22. The van der Waals surface area contributed by atoms with E-state index in [1.54, 1.807) is 43.3 Å². The van der Waals surface area contributed by atoms with Crippen molar-refractivity contribution in [3.8, 4) is 16.3 Å². The molecule has 1 aromatic heterocycles. The standard InChI is InChI=1S/C27H20N2O4S/c1-16-25(34-26(28-16)17-9-4-2-5-10-17)23(31)21-22(18-11-8-14-20(30)15-18)29(27(33)24(21)32)19-12-6-3-7-13-19/h2-15,22,30,32H,1H3. The van der Waals surface area contributed by atoms with Crippen molar-refractivity contribution in [2.45, 2.75) is 13.0 Å². The van der Waals surface area contributed by atoms with Gasteiger partial charge in [-0.1, -0.05) is 60.7 Å². The number of carbonyl (C=O) groups is 2. The summed E-state index contributed by atoms with van der Waals surface area (Å²) in [7, 11) is 0. The predicted octanol–water partition coefficient (Wildman–Crippen LogP) is 5.61. The largest absolute Gasteiger partial charge is 0.508 e. The summed E-state index contributed by atoms with van der Waals surface area (Å²) in [5.74, 6) is -1.74. The molecule has 168 valence electrons. The van der Waals surface area contributed by atoms with Crippen molar-refractivity contribution in [2.75, 3.05) is 4.90 Å². The van der Waals surface area contributed by atoms with Gasteiger partial charge < -0.3 is 10.2 Å². The second-order valence-corrected chi connectivity index (χ2v) is 8.90. The SMILES string of the molecule is Cc1nc(-c2ccccc2)sc1C(=O)C1=C(O)C(=O)N(c2ccccc2)C1c1cccc(O)c1. The van der Waals surface area contributed by atoms with Crippen LogP contribution < -0.4 is 4.90 Å². The third-order valence-corrected chi connectivity index (χ3v) is 6.90. The van der Waals surface area contributed by atoms with Gasteiger partial charge in [0.2, 0.25) is 5.78 Å². The van der Waals surface area contributed by atoms with Crippen LogP contribution in [-0.4, -0.2) is 26.9 Å². The van der Waals surface area contributed by atoms with Crippen LogP contribution in [0.4, 0.5) is 5.69 Å². The van der Waals surface area contributed by atoms with E-state index in [9.17, 15) is 19.8 Å². The summed E-state index contributed by atoms with van der Waals surface area (Å²) < 4.78 is 0. The van der Waals surface area contributed by atoms with Crippen molar-refractivity contribution in [3.05, 3.63) is 112 Å². The molecule has 34 heavy (non-hydrogen) atoms. The molecule has 0 saturated heterocycles. The zero-order valence-electron chi connectivity index (χ0n) is 18.2. The number of para-hydroxylation sites is 1. The van der Waals surface area contributed by atoms with Gasteiger partial charge in [-0.15, -0.1) is 11.3 Å². The van der Waals surface area contributed by atoms with Crippen LogP contribution in [0.25, 0.3) is 10.6 Å². The Morgan fingerprint density at radius 1 is 0.941 bits per heavy atom. The Morgan fingerprint density at radius 3 is 2.29 bits per heavy atom. The fraction of sp³-hybridized carbons (Fsp3) is 0.0741. The Kier molecular flexibility index (Phi) is 5.47. The summed E-state index contributed by atoms with van der Waals surface area (Å²) in [6.45, 7) is 1.74. The van der Waals surface area contributed by atoms with E-state index in [0.717, 1.165) is 5.56 Å². The van der Waals surface area contributed by atoms with Crippen LogP contribution in [0.2, 0.25) is 0 Å². The van der Waals surface area contributed by atoms with Gasteiger partial charge in [0.1, 0.15) is 10.8 Å². The number of aryl methyl sites for hydroxylation is 1. The van der Waals surface area contributed by atoms with Gasteiger partial charge in [-0.3, -0.25) is 14.5 Å². The maximum Gasteiger partial charge on any atom is 0.294 e. The fourth-order valence-electron chi connectivity index (χ4n) is 4.14. The molecule has 2 N–H and O–H groups in total. The number of ketones is 1. The molecule has 6 nitrogen and oxygen atoms in total. The number of hydrogen-bond donors (Lipinski definition) is 2. The normalized spacial score (nSPS) is 15.7. The van der Waals surface area contributed by atoms with E-state index in [1.807, 2.05) is 36.4 Å². The van der Waals surface area contributed by atoms with E-state index < -0.39 is 23.5 Å². The zero-order valence-corrected chi connectivity index (χ0v) is 19.0. The number of phenolic OH excluding ortho intramolecular Hbond substituents is 1. The lowest BCUT2D eigenvalue weighted by molar-refractivity contribution is -0.117. The number of anilines is 1. The quantitative estimate of drug-likeness (QED) is 0.372. The first-order chi connectivity index (χ1) is 16.5. The summed E-state index contributed by atoms with van der Waals surface area (Å²) in [4.78, 5) is 33.3. The number of phenols is 1. The monoisotopic (exact) mass is 468 g/mol. The molecule has 0 bridgehead atoms. The van der Waals surface area contributed by atoms with Gasteiger partial charge in [0, 0.05) is 11.3 Å². The third-order valence-electron chi connectivity index (χ3n) is 5.70. The number of aliphatic hydroxyl groups excluding tert-OH is 1. The molecule has 1 amide bonds. The first kappa shape index (κ1) is 21.6. The van der Waals surface area contributed by atoms with Crippen molar-refractivity contribution >= 4 is 28.7 Å². The van der Waals surface area contributed by atoms with Crippen molar-refractivity contribution in [2.24, 2.45) is 0 Å². The van der Waals surface area contributed by atoms with Crippen LogP contribution in [0.15, 0.2) is 96.3 Å². The van der Waals surface area contributed by atoms with Crippen molar-refractivity contribution in [1.82, 2.24) is 4.98 Å². The second-order valence-electron chi connectivity index (χ2n) is 7.90. The van der Waals surface area contributed by atoms with E-state index in [-0.39, 0.29) is 11.3 Å². The van der Waals surface area contributed by atoms with Crippen LogP contribution in [0.3, 0.4) is 0 Å². The van der Waals surface area contributed by atoms with Gasteiger partial charge in [0.05, 0.1) is 22.2 Å². The predicted molar refractivity (Wildman–Crippen MR) is 131 cm³/mol. The smallest absolute Gasteiger partial charge is 0.294 e. The Bertz CT molecular complexity index is 1430. The number of aliphatic hydroxyl groups is 1. The van der Waals surface area contributed by atoms with Crippen LogP contribution >= 0.6 is 11.3 Å². The number of aromatic nitrogens is 1. The average molecular weight is 469 g/mol. The van der Waals surface area contributed by atoms with Gasteiger partial charge in [-0.25, -0.2) is 4.98 Å². The number of Topliss-reactive ketones (excluding diaryl/α,β-unsaturated/α-hetero) is 1. The number of aromatic hydroxyl groups is 1. The molecular weight excluding hydrogens is 448 g/mol. The lowest BCUT2D eigenvalue weighted by Gasteiger charge is -2.27. The molecule has 0 spiro atoms. The Morgan fingerprint density at radius 2 is 1.62 bits per heavy atom. The first-order valence-corrected chi connectivity index (χ1v) is 11.5. The number of amides is 1. The van der Waals surface area contributed by atoms with Gasteiger partial charge in [-0.2, -0.15) is 0 Å². The van der Waals surface area contributed by atoms with Crippen molar-refractivity contribution < 1.29 is 19.8 Å². The van der Waals surface area contributed by atoms with Crippen LogP contribution in [-0.2, 0) is 4.79 Å². The average Bonchev–Trinajstić information content (AvgIpc) is 3.37. The zero-order chi connectivity index (χ0) is 23.8. The summed E-state index contributed by atoms with van der Waals surface area (Å²) in [6, 6.07) is 23.8. The summed E-state index contributed by atoms with van der Waals surface area (Å²) in [6.07, 6.45) is 0. The van der Waals surface area contributed by atoms with Crippen LogP contribution in [0, 0.1) is 6.92 Å². The number of nitrogens with zero attached hydrogens (tertiary/aromatic N) is 2. The van der Waals surface area contributed by atoms with Gasteiger partial charge >= 0.3 is 0 Å². The number of benzene rings is 3. The highest BCUT2D eigenvalue weighted by Gasteiger charge is 2.45. The highest BCUT2D eigenvalue weighted by Crippen LogP contribution is 2.43. The minimum absolute atomic E-state index is 0.00326. The van der Waals surface area contributed by atoms with E-state index in [1.165, 1.54) is 28.4 Å². The van der Waals surface area contributed by atoms with E-state index >= 15 is 0 Å². The maximum absolute atomic E-state index is 13.8. The van der Waals surface area contributed by atoms with Crippen molar-refractivity contribution in [1.29, 1.82) is 0 Å². The molecule has 0 saturated carbocycles. The topological polar surface area (TPSA) is 90.7 Å². The van der Waals surface area contributed by atoms with E-state index in [4.69, 9.17) is 0 Å². The molecule has 1 atom stereocenters. The lowest BCUT2D eigenvalue weighted by atomic mass is 9.94. The lowest BCUT2D eigenvalue weighted by Crippen LogP contribution is -2.31. The molecule has 0 radical (unpaired) electrons. The summed E-state index contributed by atoms with van der Waals surface area (Å²) in [5, 5.41) is 21.7. The van der Waals surface area contributed by atoms with E-state index in [0.29, 0.717) is 26.8 Å². The highest BCUT2D eigenvalue weighted by atomic mass is 32.1. The van der Waals surface area contributed by atoms with Gasteiger partial charge in [-0.05, 0) is 36.8 Å². The highest BCUT2D eigenvalue weighted by molar-refractivity contribution is 7.17. The molecule has 1 aliphatic heterocycles. The Balaban J connectivity index is 1.64. The second kappa shape index (κ2) is 8.61. The molecule has 1 aliphatic rings. The van der Waals surface area contributed by atoms with Crippen LogP contribution in [0.1, 0.15) is 27.0 Å². The first-order valence-electron chi connectivity index (χ1n) is 10.6. The number of carbonyl (C=O) groups excluding carboxylic acids is 2. The minimum Gasteiger partial charge on any atom is -0.508 e. The van der Waals surface area contributed by atoms with E-state index in [2.05, 4.69) is 4.98 Å². The van der Waals surface area contributed by atoms with Crippen molar-refractivity contribution in [3.63, 3.8) is 0 Å². The number of hydrogen-bond acceptors (Lipinski definition) is 6. The maximum atomic E-state index is 13.8. The molecule has 0 aliphatic carbocycles. The molecule has 7 heteroatoms. The Labute approximate surface area is 200 Å². The molecule has 0 fully saturated rings. The van der Waals surface area contributed by atoms with Gasteiger partial charge in [0.25, 0.3) is 5.91 Å².